The van der Waals surface area contributed by atoms with Crippen molar-refractivity contribution in [1.82, 2.24) is 4.98 Å². The summed E-state index contributed by atoms with van der Waals surface area (Å²) in [6.07, 6.45) is 0. The Morgan fingerprint density at radius 2 is 2.06 bits per heavy atom. The van der Waals surface area contributed by atoms with E-state index in [1.165, 1.54) is 35.9 Å². The minimum atomic E-state index is -1.15. The number of H-pyrrole nitrogens is 1. The summed E-state index contributed by atoms with van der Waals surface area (Å²) < 4.78 is 33.3. The van der Waals surface area contributed by atoms with Gasteiger partial charge in [-0.25, -0.2) is 8.78 Å². The van der Waals surface area contributed by atoms with Crippen LogP contribution in [0.1, 0.15) is 12.5 Å². The quantitative estimate of drug-likeness (QED) is 0.585. The second kappa shape index (κ2) is 8.91. The van der Waals surface area contributed by atoms with Crippen LogP contribution in [-0.2, 0) is 11.3 Å². The summed E-state index contributed by atoms with van der Waals surface area (Å²) in [6, 6.07) is 8.27. The molecule has 1 aliphatic rings. The lowest BCUT2D eigenvalue weighted by Gasteiger charge is -2.27. The van der Waals surface area contributed by atoms with E-state index in [0.29, 0.717) is 27.4 Å². The van der Waals surface area contributed by atoms with Gasteiger partial charge in [0.05, 0.1) is 35.8 Å². The number of methoxy groups -OCH3 is 1. The maximum atomic E-state index is 14.3. The van der Waals surface area contributed by atoms with Gasteiger partial charge >= 0.3 is 0 Å². The van der Waals surface area contributed by atoms with Gasteiger partial charge in [0.15, 0.2) is 11.6 Å². The number of fused-ring (bicyclic) bond motifs is 1. The highest BCUT2D eigenvalue weighted by Gasteiger charge is 2.33. The maximum absolute atomic E-state index is 14.3. The third-order valence-electron chi connectivity index (χ3n) is 5.22. The smallest absolute Gasteiger partial charge is 0.248 e. The second-order valence-electron chi connectivity index (χ2n) is 7.24. The van der Waals surface area contributed by atoms with Gasteiger partial charge in [0.2, 0.25) is 11.5 Å². The zero-order valence-corrected chi connectivity index (χ0v) is 18.6. The van der Waals surface area contributed by atoms with Crippen molar-refractivity contribution in [3.05, 3.63) is 69.0 Å². The predicted octanol–water partition coefficient (Wildman–Crippen LogP) is 4.53. The predicted molar refractivity (Wildman–Crippen MR) is 123 cm³/mol. The summed E-state index contributed by atoms with van der Waals surface area (Å²) in [4.78, 5) is 33.7. The van der Waals surface area contributed by atoms with E-state index in [-0.39, 0.29) is 24.0 Å². The first-order valence-electron chi connectivity index (χ1n) is 9.62. The van der Waals surface area contributed by atoms with E-state index in [9.17, 15) is 18.4 Å². The van der Waals surface area contributed by atoms with Crippen LogP contribution in [0.15, 0.2) is 46.2 Å². The number of hydrogen-bond donors (Lipinski definition) is 1. The number of amides is 1. The van der Waals surface area contributed by atoms with Gasteiger partial charge in [0.1, 0.15) is 11.0 Å². The lowest BCUT2D eigenvalue weighted by molar-refractivity contribution is -0.118. The summed E-state index contributed by atoms with van der Waals surface area (Å²) in [5, 5.41) is 0.123. The molecule has 32 heavy (non-hydrogen) atoms. The van der Waals surface area contributed by atoms with E-state index in [1.54, 1.807) is 23.7 Å². The average Bonchev–Trinajstić information content (AvgIpc) is 3.20. The summed E-state index contributed by atoms with van der Waals surface area (Å²) in [5.74, 6) is -2.04. The Hall–Kier alpha value is -2.91. The molecule has 166 valence electrons. The van der Waals surface area contributed by atoms with E-state index in [1.807, 2.05) is 6.92 Å². The van der Waals surface area contributed by atoms with Crippen LogP contribution in [0.2, 0.25) is 5.02 Å². The second-order valence-corrected chi connectivity index (χ2v) is 8.64. The first kappa shape index (κ1) is 22.3. The summed E-state index contributed by atoms with van der Waals surface area (Å²) >= 11 is 7.59. The number of carbonyl (C=O) groups is 1. The van der Waals surface area contributed by atoms with Crippen LogP contribution in [0.3, 0.4) is 0 Å². The number of pyridine rings is 1. The molecule has 0 saturated carbocycles. The molecule has 3 aromatic rings. The standard InChI is InChI=1S/C22H18ClF2N3O3S/c1-11-21(32-10-26-11)22(30)28(13-3-6-17(31-2)15(23)8-13)9-12-7-18(29)27-20-14(12)4-5-16(24)19(20)25/h3-8,10-11,21H,9H2,1-2H3,(H,27,29). The van der Waals surface area contributed by atoms with Crippen LogP contribution < -0.4 is 15.2 Å². The lowest BCUT2D eigenvalue weighted by atomic mass is 10.1. The number of halogens is 3. The van der Waals surface area contributed by atoms with E-state index in [4.69, 9.17) is 16.3 Å². The van der Waals surface area contributed by atoms with Crippen molar-refractivity contribution in [2.75, 3.05) is 12.0 Å². The number of rotatable bonds is 5. The van der Waals surface area contributed by atoms with Crippen molar-refractivity contribution in [2.24, 2.45) is 4.99 Å². The molecule has 1 aromatic heterocycles. The molecule has 2 heterocycles. The van der Waals surface area contributed by atoms with E-state index in [2.05, 4.69) is 9.98 Å². The van der Waals surface area contributed by atoms with Gasteiger partial charge in [0.25, 0.3) is 0 Å². The molecule has 2 aromatic carbocycles. The van der Waals surface area contributed by atoms with E-state index < -0.39 is 22.4 Å². The molecule has 6 nitrogen and oxygen atoms in total. The first-order chi connectivity index (χ1) is 15.3. The Morgan fingerprint density at radius 3 is 2.72 bits per heavy atom. The van der Waals surface area contributed by atoms with Crippen LogP contribution in [0.25, 0.3) is 10.9 Å². The van der Waals surface area contributed by atoms with Gasteiger partial charge in [-0.1, -0.05) is 23.4 Å². The SMILES string of the molecule is COc1ccc(N(Cc2cc(=O)[nH]c3c(F)c(F)ccc23)C(=O)C2SC=NC2C)cc1Cl. The number of hydrogen-bond acceptors (Lipinski definition) is 5. The number of aromatic nitrogens is 1. The molecule has 10 heteroatoms. The molecule has 2 unspecified atom stereocenters. The number of carbonyl (C=O) groups excluding carboxylic acids is 1. The van der Waals surface area contributed by atoms with Crippen LogP contribution in [0.5, 0.6) is 5.75 Å². The number of benzene rings is 2. The van der Waals surface area contributed by atoms with Crippen molar-refractivity contribution >= 4 is 51.4 Å². The molecule has 2 atom stereocenters. The van der Waals surface area contributed by atoms with Crippen molar-refractivity contribution in [3.8, 4) is 5.75 Å². The summed E-state index contributed by atoms with van der Waals surface area (Å²) in [6.45, 7) is 1.77. The highest BCUT2D eigenvalue weighted by Crippen LogP contribution is 2.33. The Morgan fingerprint density at radius 1 is 1.28 bits per heavy atom. The zero-order chi connectivity index (χ0) is 23.0. The molecule has 0 aliphatic carbocycles. The monoisotopic (exact) mass is 477 g/mol. The number of aliphatic imine (C=N–C) groups is 1. The molecule has 0 saturated heterocycles. The fourth-order valence-corrected chi connectivity index (χ4v) is 4.75. The van der Waals surface area contributed by atoms with Crippen LogP contribution in [0.4, 0.5) is 14.5 Å². The van der Waals surface area contributed by atoms with Gasteiger partial charge in [-0.15, -0.1) is 0 Å². The van der Waals surface area contributed by atoms with Gasteiger partial charge < -0.3 is 14.6 Å². The lowest BCUT2D eigenvalue weighted by Crippen LogP contribution is -2.40. The fraction of sp³-hybridized carbons (Fsp3) is 0.227. The van der Waals surface area contributed by atoms with Gasteiger partial charge in [-0.2, -0.15) is 0 Å². The molecule has 0 fully saturated rings. The number of nitrogens with zero attached hydrogens (tertiary/aromatic N) is 2. The molecule has 4 rings (SSSR count). The zero-order valence-electron chi connectivity index (χ0n) is 17.1. The molecule has 1 aliphatic heterocycles. The van der Waals surface area contributed by atoms with Crippen molar-refractivity contribution in [1.29, 1.82) is 0 Å². The summed E-state index contributed by atoms with van der Waals surface area (Å²) in [5.41, 5.74) is 1.60. The first-order valence-corrected chi connectivity index (χ1v) is 10.9. The maximum Gasteiger partial charge on any atom is 0.248 e. The molecule has 1 amide bonds. The molecule has 0 spiro atoms. The number of ether oxygens (including phenoxy) is 1. The summed E-state index contributed by atoms with van der Waals surface area (Å²) in [7, 11) is 1.48. The number of aromatic amines is 1. The third kappa shape index (κ3) is 4.10. The van der Waals surface area contributed by atoms with Crippen molar-refractivity contribution in [3.63, 3.8) is 0 Å². The van der Waals surface area contributed by atoms with Crippen LogP contribution >= 0.6 is 23.4 Å². The highest BCUT2D eigenvalue weighted by atomic mass is 35.5. The molecular formula is C22H18ClF2N3O3S. The van der Waals surface area contributed by atoms with Crippen molar-refractivity contribution in [2.45, 2.75) is 24.8 Å². The van der Waals surface area contributed by atoms with Crippen LogP contribution in [0, 0.1) is 11.6 Å². The normalized spacial score (nSPS) is 17.7. The van der Waals surface area contributed by atoms with E-state index in [0.717, 1.165) is 6.07 Å². The topological polar surface area (TPSA) is 74.8 Å². The largest absolute Gasteiger partial charge is 0.495 e. The average molecular weight is 478 g/mol. The van der Waals surface area contributed by atoms with Gasteiger partial charge in [0, 0.05) is 17.1 Å². The molecule has 0 bridgehead atoms. The third-order valence-corrected chi connectivity index (χ3v) is 6.65. The molecular weight excluding hydrogens is 460 g/mol. The highest BCUT2D eigenvalue weighted by molar-refractivity contribution is 8.13. The van der Waals surface area contributed by atoms with Gasteiger partial charge in [-0.05, 0) is 42.8 Å². The fourth-order valence-electron chi connectivity index (χ4n) is 3.56. The number of anilines is 1. The Balaban J connectivity index is 1.83. The molecule has 0 radical (unpaired) electrons. The Bertz CT molecular complexity index is 1300. The van der Waals surface area contributed by atoms with E-state index >= 15 is 0 Å². The Labute approximate surface area is 191 Å². The van der Waals surface area contributed by atoms with Gasteiger partial charge in [-0.3, -0.25) is 14.6 Å². The van der Waals surface area contributed by atoms with Crippen LogP contribution in [-0.4, -0.2) is 34.8 Å². The minimum absolute atomic E-state index is 0.0588. The molecule has 1 N–H and O–H groups in total. The number of nitrogens with one attached hydrogen (secondary N) is 1. The Kier molecular flexibility index (Phi) is 6.21. The number of thioether (sulfide) groups is 1. The minimum Gasteiger partial charge on any atom is -0.495 e. The van der Waals surface area contributed by atoms with Crippen molar-refractivity contribution < 1.29 is 18.3 Å².